The number of hydrogen-bond acceptors (Lipinski definition) is 4. The quantitative estimate of drug-likeness (QED) is 0.622. The van der Waals surface area contributed by atoms with Crippen molar-refractivity contribution in [3.63, 3.8) is 0 Å². The van der Waals surface area contributed by atoms with Gasteiger partial charge < -0.3 is 9.80 Å². The fourth-order valence-electron chi connectivity index (χ4n) is 3.07. The Balaban J connectivity index is 1.97. The van der Waals surface area contributed by atoms with Crippen LogP contribution in [0.15, 0.2) is 48.5 Å². The number of nitro groups is 1. The minimum absolute atomic E-state index is 0.122. The highest BCUT2D eigenvalue weighted by Gasteiger charge is 2.32. The molecule has 1 atom stereocenters. The second-order valence-electron chi connectivity index (χ2n) is 6.11. The molecule has 1 fully saturated rings. The normalized spacial score (nSPS) is 18.2. The van der Waals surface area contributed by atoms with E-state index in [9.17, 15) is 14.9 Å². The first-order valence-corrected chi connectivity index (χ1v) is 8.33. The zero-order valence-corrected chi connectivity index (χ0v) is 14.5. The molecule has 0 bridgehead atoms. The second-order valence-corrected chi connectivity index (χ2v) is 6.52. The molecule has 1 aliphatic heterocycles. The van der Waals surface area contributed by atoms with E-state index in [1.807, 2.05) is 37.4 Å². The molecule has 130 valence electrons. The summed E-state index contributed by atoms with van der Waals surface area (Å²) >= 11 is 6.16. The zero-order chi connectivity index (χ0) is 18.0. The lowest BCUT2D eigenvalue weighted by molar-refractivity contribution is -0.384. The summed E-state index contributed by atoms with van der Waals surface area (Å²) in [4.78, 5) is 27.5. The van der Waals surface area contributed by atoms with Crippen LogP contribution < -0.4 is 0 Å². The molecule has 0 aromatic heterocycles. The van der Waals surface area contributed by atoms with E-state index in [2.05, 4.69) is 4.90 Å². The Morgan fingerprint density at radius 3 is 2.60 bits per heavy atom. The number of likely N-dealkylation sites (N-methyl/N-ethyl adjacent to an activating group) is 1. The highest BCUT2D eigenvalue weighted by atomic mass is 35.5. The van der Waals surface area contributed by atoms with Gasteiger partial charge in [0.25, 0.3) is 11.6 Å². The van der Waals surface area contributed by atoms with Crippen molar-refractivity contribution in [2.75, 3.05) is 26.7 Å². The van der Waals surface area contributed by atoms with Crippen molar-refractivity contribution >= 4 is 23.2 Å². The highest BCUT2D eigenvalue weighted by Crippen LogP contribution is 2.30. The molecule has 0 aliphatic carbocycles. The first-order valence-electron chi connectivity index (χ1n) is 7.96. The Morgan fingerprint density at radius 1 is 1.20 bits per heavy atom. The van der Waals surface area contributed by atoms with Crippen LogP contribution in [0, 0.1) is 10.1 Å². The van der Waals surface area contributed by atoms with Gasteiger partial charge in [-0.05, 0) is 18.7 Å². The van der Waals surface area contributed by atoms with Gasteiger partial charge in [-0.3, -0.25) is 14.9 Å². The third kappa shape index (κ3) is 3.65. The van der Waals surface area contributed by atoms with E-state index in [4.69, 9.17) is 11.6 Å². The predicted molar refractivity (Wildman–Crippen MR) is 95.8 cm³/mol. The molecule has 2 aromatic carbocycles. The maximum Gasteiger partial charge on any atom is 0.270 e. The minimum atomic E-state index is -0.522. The predicted octanol–water partition coefficient (Wildman–Crippen LogP) is 3.38. The van der Waals surface area contributed by atoms with Crippen LogP contribution in [-0.4, -0.2) is 47.3 Å². The first-order chi connectivity index (χ1) is 12.0. The molecular formula is C18H18ClN3O3. The Morgan fingerprint density at radius 2 is 1.92 bits per heavy atom. The maximum absolute atomic E-state index is 13.1. The maximum atomic E-state index is 13.1. The van der Waals surface area contributed by atoms with E-state index in [1.165, 1.54) is 18.2 Å². The molecule has 0 saturated carbocycles. The summed E-state index contributed by atoms with van der Waals surface area (Å²) in [6.07, 6.45) is 0. The number of rotatable bonds is 3. The van der Waals surface area contributed by atoms with Gasteiger partial charge in [-0.15, -0.1) is 0 Å². The van der Waals surface area contributed by atoms with Gasteiger partial charge in [-0.1, -0.05) is 41.9 Å². The largest absolute Gasteiger partial charge is 0.329 e. The van der Waals surface area contributed by atoms with Gasteiger partial charge in [0.2, 0.25) is 0 Å². The van der Waals surface area contributed by atoms with Gasteiger partial charge in [0.15, 0.2) is 0 Å². The monoisotopic (exact) mass is 359 g/mol. The van der Waals surface area contributed by atoms with Crippen LogP contribution in [0.2, 0.25) is 5.02 Å². The number of halogens is 1. The van der Waals surface area contributed by atoms with Crippen molar-refractivity contribution in [3.05, 3.63) is 74.8 Å². The summed E-state index contributed by atoms with van der Waals surface area (Å²) in [5.41, 5.74) is 1.06. The van der Waals surface area contributed by atoms with Crippen molar-refractivity contribution in [2.45, 2.75) is 6.04 Å². The van der Waals surface area contributed by atoms with Crippen LogP contribution in [0.25, 0.3) is 0 Å². The number of nitrogens with zero attached hydrogens (tertiary/aromatic N) is 3. The standard InChI is InChI=1S/C18H18ClN3O3/c1-20-9-10-21(17(12-20)13-5-3-2-4-6-13)18(23)15-11-14(22(24)25)7-8-16(15)19/h2-8,11,17H,9-10,12H2,1H3. The molecule has 1 heterocycles. The second kappa shape index (κ2) is 7.21. The molecular weight excluding hydrogens is 342 g/mol. The molecule has 7 heteroatoms. The number of piperazine rings is 1. The highest BCUT2D eigenvalue weighted by molar-refractivity contribution is 6.34. The van der Waals surface area contributed by atoms with Gasteiger partial charge in [0.05, 0.1) is 21.6 Å². The topological polar surface area (TPSA) is 66.7 Å². The van der Waals surface area contributed by atoms with Crippen molar-refractivity contribution < 1.29 is 9.72 Å². The molecule has 1 amide bonds. The zero-order valence-electron chi connectivity index (χ0n) is 13.8. The summed E-state index contributed by atoms with van der Waals surface area (Å²) in [6.45, 7) is 1.97. The molecule has 1 aliphatic rings. The molecule has 3 rings (SSSR count). The first kappa shape index (κ1) is 17.4. The van der Waals surface area contributed by atoms with E-state index in [0.717, 1.165) is 12.1 Å². The van der Waals surface area contributed by atoms with E-state index < -0.39 is 4.92 Å². The van der Waals surface area contributed by atoms with E-state index in [-0.39, 0.29) is 28.2 Å². The number of hydrogen-bond donors (Lipinski definition) is 0. The molecule has 0 spiro atoms. The van der Waals surface area contributed by atoms with Gasteiger partial charge in [0, 0.05) is 31.8 Å². The smallest absolute Gasteiger partial charge is 0.270 e. The summed E-state index contributed by atoms with van der Waals surface area (Å²) in [5, 5.41) is 11.2. The third-order valence-electron chi connectivity index (χ3n) is 4.42. The van der Waals surface area contributed by atoms with Crippen molar-refractivity contribution in [1.29, 1.82) is 0 Å². The van der Waals surface area contributed by atoms with Gasteiger partial charge in [0.1, 0.15) is 0 Å². The lowest BCUT2D eigenvalue weighted by Crippen LogP contribution is -2.49. The number of amides is 1. The van der Waals surface area contributed by atoms with E-state index in [0.29, 0.717) is 13.1 Å². The van der Waals surface area contributed by atoms with Crippen LogP contribution in [0.3, 0.4) is 0 Å². The average Bonchev–Trinajstić information content (AvgIpc) is 2.62. The van der Waals surface area contributed by atoms with Gasteiger partial charge >= 0.3 is 0 Å². The van der Waals surface area contributed by atoms with Crippen LogP contribution in [0.4, 0.5) is 5.69 Å². The van der Waals surface area contributed by atoms with Crippen LogP contribution >= 0.6 is 11.6 Å². The number of benzene rings is 2. The summed E-state index contributed by atoms with van der Waals surface area (Å²) < 4.78 is 0. The number of carbonyl (C=O) groups is 1. The van der Waals surface area contributed by atoms with Gasteiger partial charge in [-0.2, -0.15) is 0 Å². The van der Waals surface area contributed by atoms with Crippen molar-refractivity contribution in [2.24, 2.45) is 0 Å². The summed E-state index contributed by atoms with van der Waals surface area (Å²) in [5.74, 6) is -0.282. The van der Waals surface area contributed by atoms with Crippen LogP contribution in [0.1, 0.15) is 22.0 Å². The third-order valence-corrected chi connectivity index (χ3v) is 4.75. The molecule has 2 aromatic rings. The number of carbonyl (C=O) groups excluding carboxylic acids is 1. The summed E-state index contributed by atoms with van der Waals surface area (Å²) in [7, 11) is 2.01. The molecule has 1 saturated heterocycles. The Kier molecular flexibility index (Phi) is 5.01. The lowest BCUT2D eigenvalue weighted by atomic mass is 10.0. The lowest BCUT2D eigenvalue weighted by Gasteiger charge is -2.40. The number of non-ortho nitro benzene ring substituents is 1. The van der Waals surface area contributed by atoms with E-state index in [1.54, 1.807) is 4.90 Å². The van der Waals surface area contributed by atoms with Crippen LogP contribution in [-0.2, 0) is 0 Å². The fourth-order valence-corrected chi connectivity index (χ4v) is 3.27. The Labute approximate surface area is 150 Å². The average molecular weight is 360 g/mol. The van der Waals surface area contributed by atoms with Crippen LogP contribution in [0.5, 0.6) is 0 Å². The Bertz CT molecular complexity index is 797. The fraction of sp³-hybridized carbons (Fsp3) is 0.278. The Hall–Kier alpha value is -2.44. The summed E-state index contributed by atoms with van der Waals surface area (Å²) in [6, 6.07) is 13.6. The molecule has 0 N–H and O–H groups in total. The van der Waals surface area contributed by atoms with Crippen molar-refractivity contribution in [3.8, 4) is 0 Å². The van der Waals surface area contributed by atoms with Gasteiger partial charge in [-0.25, -0.2) is 0 Å². The molecule has 6 nitrogen and oxygen atoms in total. The SMILES string of the molecule is CN1CCN(C(=O)c2cc([N+](=O)[O-])ccc2Cl)C(c2ccccc2)C1. The minimum Gasteiger partial charge on any atom is -0.329 e. The van der Waals surface area contributed by atoms with Crippen molar-refractivity contribution in [1.82, 2.24) is 9.80 Å². The molecule has 1 unspecified atom stereocenters. The molecule has 0 radical (unpaired) electrons. The van der Waals surface area contributed by atoms with E-state index >= 15 is 0 Å². The number of nitro benzene ring substituents is 1. The molecule has 25 heavy (non-hydrogen) atoms.